The number of carboxylic acid groups (broad SMARTS) is 1. The number of hydrogen-bond acceptors (Lipinski definition) is 7. The summed E-state index contributed by atoms with van der Waals surface area (Å²) < 4.78 is 0. The van der Waals surface area contributed by atoms with Crippen LogP contribution in [0.3, 0.4) is 0 Å². The Morgan fingerprint density at radius 3 is 1.91 bits per heavy atom. The average Bonchev–Trinajstić information content (AvgIpc) is 2.44. The molecule has 0 saturated carbocycles. The molecule has 10 nitrogen and oxygen atoms in total. The van der Waals surface area contributed by atoms with Crippen LogP contribution in [0.1, 0.15) is 30.6 Å². The highest BCUT2D eigenvalue weighted by atomic mass is 16.6. The fourth-order valence-corrected chi connectivity index (χ4v) is 2.12. The number of carbonyl (C=O) groups is 2. The molecule has 0 radical (unpaired) electrons. The van der Waals surface area contributed by atoms with Gasteiger partial charge in [0, 0.05) is 17.7 Å². The molecule has 3 N–H and O–H groups in total. The summed E-state index contributed by atoms with van der Waals surface area (Å²) in [5, 5.41) is 30.9. The van der Waals surface area contributed by atoms with Crippen LogP contribution in [-0.4, -0.2) is 32.2 Å². The lowest BCUT2D eigenvalue weighted by Gasteiger charge is -2.25. The fraction of sp³-hybridized carbons (Fsp3) is 0.385. The molecule has 1 aromatic rings. The highest BCUT2D eigenvalue weighted by Crippen LogP contribution is 2.27. The van der Waals surface area contributed by atoms with Gasteiger partial charge in [-0.3, -0.25) is 25.0 Å². The summed E-state index contributed by atoms with van der Waals surface area (Å²) in [4.78, 5) is 43.7. The van der Waals surface area contributed by atoms with Crippen molar-refractivity contribution < 1.29 is 24.5 Å². The van der Waals surface area contributed by atoms with Crippen LogP contribution in [0.5, 0.6) is 0 Å². The first-order valence-electron chi connectivity index (χ1n) is 6.50. The molecule has 0 fully saturated rings. The minimum absolute atomic E-state index is 0.225. The van der Waals surface area contributed by atoms with Gasteiger partial charge < -0.3 is 10.8 Å². The Balaban J connectivity index is 3.48. The minimum Gasteiger partial charge on any atom is -0.480 e. The van der Waals surface area contributed by atoms with E-state index in [1.54, 1.807) is 13.8 Å². The molecule has 0 aliphatic heterocycles. The van der Waals surface area contributed by atoms with Gasteiger partial charge in [-0.15, -0.1) is 0 Å². The molecule has 0 amide bonds. The van der Waals surface area contributed by atoms with Gasteiger partial charge in [0.05, 0.1) is 15.9 Å². The minimum atomic E-state index is -2.32. The number of Topliss-reactive ketones (excluding diaryl/α,β-unsaturated/α-hetero) is 1. The number of carboxylic acids is 1. The zero-order valence-electron chi connectivity index (χ0n) is 12.4. The molecular weight excluding hydrogens is 310 g/mol. The predicted molar refractivity (Wildman–Crippen MR) is 78.1 cm³/mol. The van der Waals surface area contributed by atoms with Crippen LogP contribution in [0, 0.1) is 26.1 Å². The predicted octanol–water partition coefficient (Wildman–Crippen LogP) is 1.51. The van der Waals surface area contributed by atoms with Crippen LogP contribution in [0.25, 0.3) is 0 Å². The molecule has 1 aromatic carbocycles. The summed E-state index contributed by atoms with van der Waals surface area (Å²) in [5.41, 5.74) is 1.48. The molecule has 1 atom stereocenters. The van der Waals surface area contributed by atoms with Gasteiger partial charge in [0.2, 0.25) is 0 Å². The second-order valence-corrected chi connectivity index (χ2v) is 5.46. The van der Waals surface area contributed by atoms with E-state index < -0.39 is 44.1 Å². The van der Waals surface area contributed by atoms with Gasteiger partial charge in [-0.25, -0.2) is 4.79 Å². The van der Waals surface area contributed by atoms with Crippen molar-refractivity contribution in [1.29, 1.82) is 0 Å². The third-order valence-corrected chi connectivity index (χ3v) is 3.10. The lowest BCUT2D eigenvalue weighted by molar-refractivity contribution is -0.394. The Bertz CT molecular complexity index is 654. The summed E-state index contributed by atoms with van der Waals surface area (Å²) in [6.45, 7) is 3.29. The summed E-state index contributed by atoms with van der Waals surface area (Å²) in [5.74, 6) is -2.98. The van der Waals surface area contributed by atoms with E-state index in [-0.39, 0.29) is 12.3 Å². The van der Waals surface area contributed by atoms with Crippen molar-refractivity contribution in [2.45, 2.75) is 25.8 Å². The normalized spacial score (nSPS) is 13.4. The zero-order chi connectivity index (χ0) is 17.9. The molecule has 0 aliphatic rings. The Morgan fingerprint density at radius 2 is 1.61 bits per heavy atom. The molecule has 0 saturated heterocycles. The van der Waals surface area contributed by atoms with Gasteiger partial charge in [0.15, 0.2) is 11.3 Å². The summed E-state index contributed by atoms with van der Waals surface area (Å²) in [6.07, 6.45) is -0.225. The Labute approximate surface area is 130 Å². The number of carbonyl (C=O) groups excluding carboxylic acids is 1. The van der Waals surface area contributed by atoms with Crippen molar-refractivity contribution in [3.8, 4) is 0 Å². The van der Waals surface area contributed by atoms with Crippen LogP contribution in [-0.2, 0) is 4.79 Å². The number of nitro groups is 2. The molecule has 0 aliphatic carbocycles. The van der Waals surface area contributed by atoms with E-state index in [0.717, 1.165) is 12.1 Å². The van der Waals surface area contributed by atoms with Crippen LogP contribution < -0.4 is 5.73 Å². The maximum atomic E-state index is 12.4. The number of non-ortho nitro benzene ring substituents is 2. The molecule has 10 heteroatoms. The highest BCUT2D eigenvalue weighted by molar-refractivity contribution is 6.16. The number of nitro benzene ring substituents is 2. The van der Waals surface area contributed by atoms with Gasteiger partial charge in [0.1, 0.15) is 0 Å². The Morgan fingerprint density at radius 1 is 1.17 bits per heavy atom. The number of rotatable bonds is 7. The van der Waals surface area contributed by atoms with E-state index >= 15 is 0 Å². The zero-order valence-corrected chi connectivity index (χ0v) is 12.4. The van der Waals surface area contributed by atoms with E-state index in [2.05, 4.69) is 0 Å². The first-order chi connectivity index (χ1) is 10.5. The van der Waals surface area contributed by atoms with Crippen LogP contribution >= 0.6 is 0 Å². The SMILES string of the molecule is CC(C)C[C@](N)(C(=O)O)C(=O)c1cc([N+](=O)[O-])cc([N+](=O)[O-])c1. The number of hydrogen-bond donors (Lipinski definition) is 2. The smallest absolute Gasteiger partial charge is 0.331 e. The molecule has 1 rings (SSSR count). The number of benzene rings is 1. The van der Waals surface area contributed by atoms with Crippen molar-refractivity contribution in [2.24, 2.45) is 11.7 Å². The molecule has 23 heavy (non-hydrogen) atoms. The van der Waals surface area contributed by atoms with Crippen molar-refractivity contribution in [3.63, 3.8) is 0 Å². The Kier molecular flexibility index (Phi) is 5.12. The number of ketones is 1. The average molecular weight is 325 g/mol. The fourth-order valence-electron chi connectivity index (χ4n) is 2.12. The molecular formula is C13H15N3O7. The number of nitrogens with zero attached hydrogens (tertiary/aromatic N) is 2. The molecule has 0 bridgehead atoms. The number of aliphatic carboxylic acids is 1. The van der Waals surface area contributed by atoms with Crippen molar-refractivity contribution in [2.75, 3.05) is 0 Å². The first kappa shape index (κ1) is 18.2. The summed E-state index contributed by atoms with van der Waals surface area (Å²) in [6, 6.07) is 2.23. The largest absolute Gasteiger partial charge is 0.480 e. The summed E-state index contributed by atoms with van der Waals surface area (Å²) in [7, 11) is 0. The van der Waals surface area contributed by atoms with E-state index in [0.29, 0.717) is 6.07 Å². The van der Waals surface area contributed by atoms with Gasteiger partial charge in [-0.05, 0) is 12.3 Å². The van der Waals surface area contributed by atoms with Crippen LogP contribution in [0.2, 0.25) is 0 Å². The standard InChI is InChI=1S/C13H15N3O7/c1-7(2)6-13(14,12(18)19)11(17)8-3-9(15(20)21)5-10(4-8)16(22)23/h3-5,7H,6,14H2,1-2H3,(H,18,19)/t13-/m1/s1. The first-order valence-corrected chi connectivity index (χ1v) is 6.50. The highest BCUT2D eigenvalue weighted by Gasteiger charge is 2.43. The molecule has 0 aromatic heterocycles. The van der Waals surface area contributed by atoms with Gasteiger partial charge in [-0.2, -0.15) is 0 Å². The van der Waals surface area contributed by atoms with Crippen molar-refractivity contribution in [3.05, 3.63) is 44.0 Å². The maximum Gasteiger partial charge on any atom is 0.331 e. The maximum absolute atomic E-state index is 12.4. The lowest BCUT2D eigenvalue weighted by atomic mass is 9.83. The molecule has 0 heterocycles. The second-order valence-electron chi connectivity index (χ2n) is 5.46. The van der Waals surface area contributed by atoms with Crippen molar-refractivity contribution in [1.82, 2.24) is 0 Å². The topological polar surface area (TPSA) is 167 Å². The van der Waals surface area contributed by atoms with Crippen molar-refractivity contribution >= 4 is 23.1 Å². The van der Waals surface area contributed by atoms with E-state index in [9.17, 15) is 34.9 Å². The quantitative estimate of drug-likeness (QED) is 0.329. The Hall–Kier alpha value is -2.88. The van der Waals surface area contributed by atoms with Gasteiger partial charge in [-0.1, -0.05) is 13.8 Å². The second kappa shape index (κ2) is 6.48. The van der Waals surface area contributed by atoms with Crippen LogP contribution in [0.15, 0.2) is 18.2 Å². The third-order valence-electron chi connectivity index (χ3n) is 3.10. The number of nitrogens with two attached hydrogens (primary N) is 1. The van der Waals surface area contributed by atoms with Gasteiger partial charge in [0.25, 0.3) is 11.4 Å². The van der Waals surface area contributed by atoms with Gasteiger partial charge >= 0.3 is 5.97 Å². The lowest BCUT2D eigenvalue weighted by Crippen LogP contribution is -2.55. The molecule has 0 spiro atoms. The van der Waals surface area contributed by atoms with E-state index in [1.807, 2.05) is 0 Å². The van der Waals surface area contributed by atoms with Crippen LogP contribution in [0.4, 0.5) is 11.4 Å². The molecule has 0 unspecified atom stereocenters. The van der Waals surface area contributed by atoms with E-state index in [4.69, 9.17) is 5.73 Å². The summed E-state index contributed by atoms with van der Waals surface area (Å²) >= 11 is 0. The monoisotopic (exact) mass is 325 g/mol. The van der Waals surface area contributed by atoms with E-state index in [1.165, 1.54) is 0 Å². The third kappa shape index (κ3) is 3.86. The molecule has 124 valence electrons.